The largest absolute Gasteiger partial charge is 0.530 e. The van der Waals surface area contributed by atoms with E-state index in [9.17, 15) is 14.9 Å². The van der Waals surface area contributed by atoms with Crippen molar-refractivity contribution in [2.45, 2.75) is 50.7 Å². The van der Waals surface area contributed by atoms with Crippen LogP contribution in [0.4, 0.5) is 20.4 Å². The molecule has 2 amide bonds. The number of rotatable bonds is 2. The quantitative estimate of drug-likeness (QED) is 0.646. The third-order valence-corrected chi connectivity index (χ3v) is 6.96. The lowest BCUT2D eigenvalue weighted by Gasteiger charge is -2.35. The number of carbonyl (C=O) groups excluding carboxylic acids is 2. The first-order chi connectivity index (χ1) is 14.7. The van der Waals surface area contributed by atoms with Crippen molar-refractivity contribution in [1.82, 2.24) is 19.6 Å². The Morgan fingerprint density at radius 2 is 2.03 bits per heavy atom. The zero-order chi connectivity index (χ0) is 22.0. The van der Waals surface area contributed by atoms with Gasteiger partial charge in [-0.05, 0) is 50.5 Å². The zero-order valence-electron chi connectivity index (χ0n) is 17.5. The Labute approximate surface area is 183 Å². The molecule has 1 unspecified atom stereocenters. The van der Waals surface area contributed by atoms with Gasteiger partial charge in [0, 0.05) is 12.1 Å². The number of benzene rings is 1. The van der Waals surface area contributed by atoms with E-state index in [0.29, 0.717) is 22.4 Å². The molecule has 9 nitrogen and oxygen atoms in total. The third-order valence-electron chi connectivity index (χ3n) is 5.83. The number of nitriles is 1. The fourth-order valence-corrected chi connectivity index (χ4v) is 4.98. The van der Waals surface area contributed by atoms with Gasteiger partial charge in [0.2, 0.25) is 0 Å². The minimum absolute atomic E-state index is 0.0123. The molecule has 1 saturated carbocycles. The van der Waals surface area contributed by atoms with Crippen molar-refractivity contribution in [2.75, 3.05) is 13.2 Å². The molecule has 10 heteroatoms. The molecule has 1 aliphatic carbocycles. The molecular formula is C21H22N5O4S+. The minimum atomic E-state index is -0.745. The lowest BCUT2D eigenvalue weighted by molar-refractivity contribution is 0.0297. The normalized spacial score (nSPS) is 25.8. The fraction of sp³-hybridized carbons (Fsp3) is 0.476. The van der Waals surface area contributed by atoms with Gasteiger partial charge >= 0.3 is 17.3 Å². The Balaban J connectivity index is 1.66. The molecule has 1 aromatic carbocycles. The molecule has 2 fully saturated rings. The van der Waals surface area contributed by atoms with E-state index in [-0.39, 0.29) is 6.67 Å². The lowest BCUT2D eigenvalue weighted by atomic mass is 9.97. The summed E-state index contributed by atoms with van der Waals surface area (Å²) >= 11 is 1.25. The summed E-state index contributed by atoms with van der Waals surface area (Å²) in [6.07, 6.45) is 0.131. The Hall–Kier alpha value is -3.03. The first-order valence-electron chi connectivity index (χ1n) is 10.1. The average Bonchev–Trinajstić information content (AvgIpc) is 3.17. The summed E-state index contributed by atoms with van der Waals surface area (Å²) in [5, 5.41) is 19.0. The molecule has 0 radical (unpaired) electrons. The number of hydrogen-bond acceptors (Lipinski definition) is 8. The Morgan fingerprint density at radius 1 is 1.32 bits per heavy atom. The molecule has 2 atom stereocenters. The van der Waals surface area contributed by atoms with Gasteiger partial charge in [-0.15, -0.1) is 9.58 Å². The molecule has 5 rings (SSSR count). The van der Waals surface area contributed by atoms with Crippen molar-refractivity contribution in [3.8, 4) is 6.07 Å². The molecule has 160 valence electrons. The van der Waals surface area contributed by atoms with Gasteiger partial charge in [0.15, 0.2) is 23.5 Å². The van der Waals surface area contributed by atoms with Crippen LogP contribution in [0.3, 0.4) is 0 Å². The monoisotopic (exact) mass is 440 g/mol. The van der Waals surface area contributed by atoms with E-state index in [1.54, 1.807) is 20.8 Å². The van der Waals surface area contributed by atoms with Crippen molar-refractivity contribution in [3.63, 3.8) is 0 Å². The third kappa shape index (κ3) is 3.07. The fourth-order valence-electron chi connectivity index (χ4n) is 3.98. The highest BCUT2D eigenvalue weighted by atomic mass is 32.1. The van der Waals surface area contributed by atoms with Gasteiger partial charge in [0.05, 0.1) is 18.0 Å². The number of fused-ring (bicyclic) bond motifs is 5. The SMILES string of the molecule is CC(C)(C)OC(=O)[N+]1(c2ccc(C3(C#N)CC3)cc2)CN2C[C@H](OC2=O)c2nnc1s2. The van der Waals surface area contributed by atoms with Crippen LogP contribution in [0.1, 0.15) is 50.3 Å². The number of quaternary nitrogens is 1. The zero-order valence-corrected chi connectivity index (χ0v) is 18.3. The first-order valence-corrected chi connectivity index (χ1v) is 10.9. The molecule has 3 heterocycles. The minimum Gasteiger partial charge on any atom is -0.437 e. The van der Waals surface area contributed by atoms with Gasteiger partial charge in [-0.25, -0.2) is 4.79 Å². The molecule has 2 aliphatic heterocycles. The lowest BCUT2D eigenvalue weighted by Crippen LogP contribution is -2.57. The summed E-state index contributed by atoms with van der Waals surface area (Å²) < 4.78 is 10.8. The maximum Gasteiger partial charge on any atom is 0.530 e. The van der Waals surface area contributed by atoms with Gasteiger partial charge in [0.25, 0.3) is 0 Å². The Bertz CT molecular complexity index is 1110. The predicted molar refractivity (Wildman–Crippen MR) is 111 cm³/mol. The molecule has 0 N–H and O–H groups in total. The number of aromatic nitrogens is 2. The number of hydrogen-bond donors (Lipinski definition) is 0. The van der Waals surface area contributed by atoms with Crippen molar-refractivity contribution in [1.29, 1.82) is 5.26 Å². The average molecular weight is 441 g/mol. The highest BCUT2D eigenvalue weighted by molar-refractivity contribution is 7.15. The standard InChI is InChI=1S/C21H22N5O4S/c1-20(2,3)30-19(28)26(14-6-4-13(5-7-14)21(11-22)8-9-21)12-25-10-15(29-18(25)27)16-23-24-17(26)31-16/h4-7,15H,8-10,12H2,1-3H3/q+1/t15-,26?/m0/s1. The summed E-state index contributed by atoms with van der Waals surface area (Å²) in [5.41, 5.74) is 0.331. The summed E-state index contributed by atoms with van der Waals surface area (Å²) in [6.45, 7) is 5.67. The van der Waals surface area contributed by atoms with Gasteiger partial charge in [0.1, 0.15) is 5.60 Å². The van der Waals surface area contributed by atoms with E-state index in [1.165, 1.54) is 16.2 Å². The summed E-state index contributed by atoms with van der Waals surface area (Å²) in [4.78, 5) is 27.7. The smallest absolute Gasteiger partial charge is 0.437 e. The first kappa shape index (κ1) is 19.9. The van der Waals surface area contributed by atoms with E-state index < -0.39 is 33.8 Å². The van der Waals surface area contributed by atoms with Gasteiger partial charge in [-0.3, -0.25) is 4.90 Å². The van der Waals surface area contributed by atoms with Crippen LogP contribution in [-0.4, -0.2) is 46.1 Å². The van der Waals surface area contributed by atoms with Crippen LogP contribution in [-0.2, 0) is 14.9 Å². The van der Waals surface area contributed by atoms with E-state index in [4.69, 9.17) is 9.47 Å². The van der Waals surface area contributed by atoms with Crippen LogP contribution in [0.25, 0.3) is 0 Å². The Kier molecular flexibility index (Phi) is 4.16. The molecular weight excluding hydrogens is 418 g/mol. The second-order valence-corrected chi connectivity index (χ2v) is 10.2. The topological polar surface area (TPSA) is 105 Å². The van der Waals surface area contributed by atoms with E-state index >= 15 is 0 Å². The molecule has 31 heavy (non-hydrogen) atoms. The van der Waals surface area contributed by atoms with Crippen LogP contribution >= 0.6 is 11.3 Å². The Morgan fingerprint density at radius 3 is 2.65 bits per heavy atom. The number of carbonyl (C=O) groups is 2. The number of ether oxygens (including phenoxy) is 2. The maximum atomic E-state index is 13.7. The summed E-state index contributed by atoms with van der Waals surface area (Å²) in [7, 11) is 0. The number of nitrogens with zero attached hydrogens (tertiary/aromatic N) is 5. The van der Waals surface area contributed by atoms with E-state index in [2.05, 4.69) is 16.3 Å². The molecule has 2 aromatic rings. The van der Waals surface area contributed by atoms with Crippen LogP contribution < -0.4 is 4.48 Å². The second-order valence-electron chi connectivity index (χ2n) is 9.19. The maximum absolute atomic E-state index is 13.7. The van der Waals surface area contributed by atoms with Crippen molar-refractivity contribution < 1.29 is 19.1 Å². The van der Waals surface area contributed by atoms with Crippen LogP contribution in [0.15, 0.2) is 24.3 Å². The van der Waals surface area contributed by atoms with E-state index in [0.717, 1.165) is 18.4 Å². The van der Waals surface area contributed by atoms with Crippen molar-refractivity contribution >= 4 is 34.3 Å². The molecule has 0 spiro atoms. The number of amides is 2. The van der Waals surface area contributed by atoms with Crippen LogP contribution in [0, 0.1) is 11.3 Å². The summed E-state index contributed by atoms with van der Waals surface area (Å²) in [5.74, 6) is 0. The summed E-state index contributed by atoms with van der Waals surface area (Å²) in [6, 6.07) is 9.78. The van der Waals surface area contributed by atoms with E-state index in [1.807, 2.05) is 24.3 Å². The predicted octanol–water partition coefficient (Wildman–Crippen LogP) is 4.13. The highest BCUT2D eigenvalue weighted by Gasteiger charge is 2.55. The molecule has 3 aliphatic rings. The van der Waals surface area contributed by atoms with Crippen LogP contribution in [0.5, 0.6) is 0 Å². The second kappa shape index (κ2) is 6.48. The van der Waals surface area contributed by atoms with Crippen molar-refractivity contribution in [2.24, 2.45) is 0 Å². The van der Waals surface area contributed by atoms with Crippen LogP contribution in [0.2, 0.25) is 0 Å². The molecule has 1 aromatic heterocycles. The highest BCUT2D eigenvalue weighted by Crippen LogP contribution is 2.49. The van der Waals surface area contributed by atoms with Gasteiger partial charge < -0.3 is 9.47 Å². The van der Waals surface area contributed by atoms with Gasteiger partial charge in [-0.2, -0.15) is 10.1 Å². The van der Waals surface area contributed by atoms with Gasteiger partial charge in [-0.1, -0.05) is 17.2 Å². The molecule has 4 bridgehead atoms. The molecule has 1 saturated heterocycles. The van der Waals surface area contributed by atoms with Crippen molar-refractivity contribution in [3.05, 3.63) is 34.8 Å².